The Kier molecular flexibility index (Phi) is 6.51. The van der Waals surface area contributed by atoms with Crippen LogP contribution in [0, 0.1) is 6.92 Å². The highest BCUT2D eigenvalue weighted by molar-refractivity contribution is 6.08. The number of rotatable bonds is 8. The van der Waals surface area contributed by atoms with Crippen LogP contribution in [-0.4, -0.2) is 48.7 Å². The summed E-state index contributed by atoms with van der Waals surface area (Å²) >= 11 is 0. The second-order valence-corrected chi connectivity index (χ2v) is 6.67. The van der Waals surface area contributed by atoms with Gasteiger partial charge in [0.2, 0.25) is 0 Å². The molecule has 0 saturated carbocycles. The highest BCUT2D eigenvalue weighted by atomic mass is 16.5. The number of hydrogen-bond donors (Lipinski definition) is 2. The first-order valence-electron chi connectivity index (χ1n) is 9.29. The number of esters is 1. The number of benzene rings is 2. The zero-order valence-electron chi connectivity index (χ0n) is 16.5. The zero-order chi connectivity index (χ0) is 20.8. The van der Waals surface area contributed by atoms with E-state index in [9.17, 15) is 9.59 Å². The van der Waals surface area contributed by atoms with Crippen LogP contribution in [0.5, 0.6) is 5.75 Å². The molecule has 0 spiro atoms. The fourth-order valence-corrected chi connectivity index (χ4v) is 3.09. The van der Waals surface area contributed by atoms with Gasteiger partial charge in [0.1, 0.15) is 18.1 Å². The molecule has 2 aromatic rings. The molecule has 0 bridgehead atoms. The molecule has 2 N–H and O–H groups in total. The first-order chi connectivity index (χ1) is 14.0. The highest BCUT2D eigenvalue weighted by Gasteiger charge is 2.34. The van der Waals surface area contributed by atoms with Crippen LogP contribution < -0.4 is 10.1 Å². The number of nitrogens with zero attached hydrogens (tertiary/aromatic N) is 1. The standard InChI is InChI=1S/C22H24N2O5/c1-15-12-17(29-14-16-6-4-3-5-7-16)8-9-19(15)23-20-18(22(27)28-2)13-24(10-11-25)21(20)26/h3-9,12,23,25H,10-11,13-14H2,1-2H3. The summed E-state index contributed by atoms with van der Waals surface area (Å²) < 4.78 is 10.6. The Morgan fingerprint density at radius 2 is 1.97 bits per heavy atom. The number of carbonyl (C=O) groups excluding carboxylic acids is 2. The van der Waals surface area contributed by atoms with E-state index in [4.69, 9.17) is 14.6 Å². The fourth-order valence-electron chi connectivity index (χ4n) is 3.09. The van der Waals surface area contributed by atoms with Gasteiger partial charge in [0.05, 0.1) is 25.8 Å². The second kappa shape index (κ2) is 9.25. The second-order valence-electron chi connectivity index (χ2n) is 6.67. The Morgan fingerprint density at radius 3 is 2.62 bits per heavy atom. The molecule has 0 atom stereocenters. The van der Waals surface area contributed by atoms with Gasteiger partial charge in [-0.2, -0.15) is 0 Å². The molecule has 1 aliphatic rings. The SMILES string of the molecule is COC(=O)C1=C(Nc2ccc(OCc3ccccc3)cc2C)C(=O)N(CCO)C1. The van der Waals surface area contributed by atoms with E-state index < -0.39 is 5.97 Å². The summed E-state index contributed by atoms with van der Waals surface area (Å²) in [4.78, 5) is 26.1. The zero-order valence-corrected chi connectivity index (χ0v) is 16.5. The minimum atomic E-state index is -0.568. The third-order valence-electron chi connectivity index (χ3n) is 4.66. The van der Waals surface area contributed by atoms with Crippen LogP contribution in [0.4, 0.5) is 5.69 Å². The van der Waals surface area contributed by atoms with Gasteiger partial charge in [-0.15, -0.1) is 0 Å². The summed E-state index contributed by atoms with van der Waals surface area (Å²) in [5, 5.41) is 12.2. The van der Waals surface area contributed by atoms with Gasteiger partial charge in [-0.05, 0) is 36.2 Å². The number of methoxy groups -OCH3 is 1. The molecule has 0 fully saturated rings. The Labute approximate surface area is 169 Å². The quantitative estimate of drug-likeness (QED) is 0.666. The lowest BCUT2D eigenvalue weighted by Gasteiger charge is -2.16. The van der Waals surface area contributed by atoms with Gasteiger partial charge in [0, 0.05) is 12.2 Å². The molecule has 1 heterocycles. The normalized spacial score (nSPS) is 13.6. The van der Waals surface area contributed by atoms with Crippen LogP contribution in [0.1, 0.15) is 11.1 Å². The van der Waals surface area contributed by atoms with Gasteiger partial charge in [0.15, 0.2) is 0 Å². The van der Waals surface area contributed by atoms with Gasteiger partial charge in [-0.25, -0.2) is 4.79 Å². The first kappa shape index (κ1) is 20.4. The number of amides is 1. The Morgan fingerprint density at radius 1 is 1.21 bits per heavy atom. The summed E-state index contributed by atoms with van der Waals surface area (Å²) in [5.41, 5.74) is 3.04. The van der Waals surface area contributed by atoms with Crippen LogP contribution in [0.25, 0.3) is 0 Å². The van der Waals surface area contributed by atoms with Gasteiger partial charge in [-0.1, -0.05) is 30.3 Å². The minimum absolute atomic E-state index is 0.103. The molecular weight excluding hydrogens is 372 g/mol. The molecule has 0 aliphatic carbocycles. The summed E-state index contributed by atoms with van der Waals surface area (Å²) in [6, 6.07) is 15.3. The number of aryl methyl sites for hydroxylation is 1. The van der Waals surface area contributed by atoms with Crippen LogP contribution in [0.2, 0.25) is 0 Å². The van der Waals surface area contributed by atoms with E-state index >= 15 is 0 Å². The van der Waals surface area contributed by atoms with Crippen molar-refractivity contribution in [3.05, 3.63) is 70.9 Å². The average Bonchev–Trinajstić information content (AvgIpc) is 3.04. The van der Waals surface area contributed by atoms with Crippen molar-refractivity contribution < 1.29 is 24.2 Å². The molecule has 0 radical (unpaired) electrons. The summed E-state index contributed by atoms with van der Waals surface area (Å²) in [5.74, 6) is -0.205. The molecule has 7 nitrogen and oxygen atoms in total. The Bertz CT molecular complexity index is 924. The van der Waals surface area contributed by atoms with E-state index in [1.165, 1.54) is 12.0 Å². The van der Waals surface area contributed by atoms with Crippen molar-refractivity contribution in [3.8, 4) is 5.75 Å². The molecule has 3 rings (SSSR count). The van der Waals surface area contributed by atoms with Gasteiger partial charge < -0.3 is 24.8 Å². The van der Waals surface area contributed by atoms with Crippen molar-refractivity contribution in [2.24, 2.45) is 0 Å². The lowest BCUT2D eigenvalue weighted by molar-refractivity contribution is -0.136. The first-order valence-corrected chi connectivity index (χ1v) is 9.29. The number of carbonyl (C=O) groups is 2. The molecule has 0 aromatic heterocycles. The number of aliphatic hydroxyl groups excluding tert-OH is 1. The van der Waals surface area contributed by atoms with E-state index in [1.807, 2.05) is 49.4 Å². The van der Waals surface area contributed by atoms with Gasteiger partial charge in [0.25, 0.3) is 5.91 Å². The van der Waals surface area contributed by atoms with Crippen molar-refractivity contribution in [2.75, 3.05) is 32.1 Å². The van der Waals surface area contributed by atoms with Crippen molar-refractivity contribution in [2.45, 2.75) is 13.5 Å². The lowest BCUT2D eigenvalue weighted by atomic mass is 10.1. The van der Waals surface area contributed by atoms with Gasteiger partial charge in [-0.3, -0.25) is 4.79 Å². The van der Waals surface area contributed by atoms with Gasteiger partial charge >= 0.3 is 5.97 Å². The van der Waals surface area contributed by atoms with E-state index in [-0.39, 0.29) is 36.9 Å². The largest absolute Gasteiger partial charge is 0.489 e. The maximum atomic E-state index is 12.6. The van der Waals surface area contributed by atoms with E-state index in [1.54, 1.807) is 6.07 Å². The highest BCUT2D eigenvalue weighted by Crippen LogP contribution is 2.27. The Hall–Kier alpha value is -3.32. The predicted octanol–water partition coefficient (Wildman–Crippen LogP) is 2.25. The van der Waals surface area contributed by atoms with E-state index in [0.717, 1.165) is 11.1 Å². The third kappa shape index (κ3) is 4.75. The Balaban J connectivity index is 1.76. The summed E-state index contributed by atoms with van der Waals surface area (Å²) in [6.45, 7) is 2.42. The monoisotopic (exact) mass is 396 g/mol. The van der Waals surface area contributed by atoms with E-state index in [2.05, 4.69) is 5.32 Å². The molecule has 7 heteroatoms. The maximum absolute atomic E-state index is 12.6. The maximum Gasteiger partial charge on any atom is 0.337 e. The van der Waals surface area contributed by atoms with Crippen molar-refractivity contribution in [1.29, 1.82) is 0 Å². The molecule has 2 aromatic carbocycles. The van der Waals surface area contributed by atoms with E-state index in [0.29, 0.717) is 18.0 Å². The van der Waals surface area contributed by atoms with Crippen molar-refractivity contribution in [1.82, 2.24) is 4.90 Å². The summed E-state index contributed by atoms with van der Waals surface area (Å²) in [7, 11) is 1.27. The van der Waals surface area contributed by atoms with Crippen LogP contribution in [0.15, 0.2) is 59.8 Å². The number of β-amino-alcohol motifs (C(OH)–C–C–N with tert-alkyl or cyclic N) is 1. The molecule has 0 saturated heterocycles. The molecule has 1 aliphatic heterocycles. The summed E-state index contributed by atoms with van der Waals surface area (Å²) in [6.07, 6.45) is 0. The molecule has 152 valence electrons. The fraction of sp³-hybridized carbons (Fsp3) is 0.273. The number of nitrogens with one attached hydrogen (secondary N) is 1. The smallest absolute Gasteiger partial charge is 0.337 e. The molecule has 29 heavy (non-hydrogen) atoms. The number of hydrogen-bond acceptors (Lipinski definition) is 6. The number of aliphatic hydroxyl groups is 1. The topological polar surface area (TPSA) is 88.1 Å². The van der Waals surface area contributed by atoms with Crippen molar-refractivity contribution >= 4 is 17.6 Å². The van der Waals surface area contributed by atoms with Crippen LogP contribution in [0.3, 0.4) is 0 Å². The third-order valence-corrected chi connectivity index (χ3v) is 4.66. The average molecular weight is 396 g/mol. The molecule has 1 amide bonds. The van der Waals surface area contributed by atoms with Crippen molar-refractivity contribution in [3.63, 3.8) is 0 Å². The minimum Gasteiger partial charge on any atom is -0.489 e. The number of ether oxygens (including phenoxy) is 2. The number of anilines is 1. The molecular formula is C22H24N2O5. The van der Waals surface area contributed by atoms with Crippen LogP contribution >= 0.6 is 0 Å². The lowest BCUT2D eigenvalue weighted by Crippen LogP contribution is -2.31. The predicted molar refractivity (Wildman–Crippen MR) is 108 cm³/mol. The molecule has 0 unspecified atom stereocenters. The van der Waals surface area contributed by atoms with Crippen LogP contribution in [-0.2, 0) is 20.9 Å².